The molecule has 1 fully saturated rings. The SMILES string of the molecule is Cc1cccc(C)c1-c1cc2nc(n1)NS(=O)(=O)c1cccc(c1)C(=O)N1CC(CN(Cc3ccccc3)[C@@H](CC(C)C)C1)O2. The van der Waals surface area contributed by atoms with E-state index in [-0.39, 0.29) is 28.7 Å². The summed E-state index contributed by atoms with van der Waals surface area (Å²) in [4.78, 5) is 27.5. The average molecular weight is 626 g/mol. The zero-order valence-electron chi connectivity index (χ0n) is 26.1. The van der Waals surface area contributed by atoms with Gasteiger partial charge < -0.3 is 9.64 Å². The van der Waals surface area contributed by atoms with Gasteiger partial charge in [-0.05, 0) is 61.1 Å². The van der Waals surface area contributed by atoms with Gasteiger partial charge in [0.2, 0.25) is 11.8 Å². The Morgan fingerprint density at radius 3 is 2.38 bits per heavy atom. The van der Waals surface area contributed by atoms with Crippen LogP contribution in [0.2, 0.25) is 0 Å². The zero-order valence-corrected chi connectivity index (χ0v) is 26.9. The van der Waals surface area contributed by atoms with E-state index in [9.17, 15) is 13.2 Å². The molecule has 0 spiro atoms. The lowest BCUT2D eigenvalue weighted by Gasteiger charge is -2.33. The van der Waals surface area contributed by atoms with E-state index in [0.29, 0.717) is 43.4 Å². The van der Waals surface area contributed by atoms with Crippen LogP contribution >= 0.6 is 0 Å². The van der Waals surface area contributed by atoms with E-state index < -0.39 is 16.1 Å². The summed E-state index contributed by atoms with van der Waals surface area (Å²) in [6.07, 6.45) is 0.444. The van der Waals surface area contributed by atoms with Crippen molar-refractivity contribution in [1.82, 2.24) is 19.8 Å². The van der Waals surface area contributed by atoms with E-state index in [2.05, 4.69) is 45.6 Å². The molecular weight excluding hydrogens is 586 g/mol. The lowest BCUT2D eigenvalue weighted by Crippen LogP contribution is -2.43. The van der Waals surface area contributed by atoms with Crippen LogP contribution in [-0.4, -0.2) is 65.9 Å². The second-order valence-corrected chi connectivity index (χ2v) is 14.1. The number of aromatic nitrogens is 2. The van der Waals surface area contributed by atoms with Crippen molar-refractivity contribution in [1.29, 1.82) is 0 Å². The van der Waals surface area contributed by atoms with Crippen molar-refractivity contribution in [3.63, 3.8) is 0 Å². The zero-order chi connectivity index (χ0) is 31.7. The number of benzene rings is 3. The van der Waals surface area contributed by atoms with Crippen molar-refractivity contribution >= 4 is 21.9 Å². The molecule has 3 aromatic carbocycles. The van der Waals surface area contributed by atoms with Crippen molar-refractivity contribution in [2.45, 2.75) is 57.7 Å². The summed E-state index contributed by atoms with van der Waals surface area (Å²) in [5.74, 6) is 0.317. The van der Waals surface area contributed by atoms with Gasteiger partial charge in [0.05, 0.1) is 17.1 Å². The van der Waals surface area contributed by atoms with Crippen LogP contribution in [0.1, 0.15) is 47.3 Å². The molecule has 4 aromatic rings. The molecule has 2 atom stereocenters. The number of nitrogens with one attached hydrogen (secondary N) is 1. The molecule has 1 amide bonds. The normalized spacial score (nSPS) is 19.8. The molecule has 1 aromatic heterocycles. The van der Waals surface area contributed by atoms with Gasteiger partial charge in [-0.25, -0.2) is 18.1 Å². The van der Waals surface area contributed by atoms with E-state index in [1.165, 1.54) is 17.7 Å². The maximum atomic E-state index is 14.1. The summed E-state index contributed by atoms with van der Waals surface area (Å²) in [5, 5.41) is 0. The Morgan fingerprint density at radius 2 is 1.64 bits per heavy atom. The van der Waals surface area contributed by atoms with Gasteiger partial charge >= 0.3 is 0 Å². The van der Waals surface area contributed by atoms with Gasteiger partial charge in [0.15, 0.2) is 0 Å². The fraction of sp³-hybridized carbons (Fsp3) is 0.343. The number of amides is 1. The highest BCUT2D eigenvalue weighted by atomic mass is 32.2. The van der Waals surface area contributed by atoms with Gasteiger partial charge in [-0.3, -0.25) is 9.69 Å². The molecule has 1 unspecified atom stereocenters. The Morgan fingerprint density at radius 1 is 0.911 bits per heavy atom. The molecular formula is C35H39N5O4S. The number of nitrogens with zero attached hydrogens (tertiary/aromatic N) is 4. The number of hydrogen-bond acceptors (Lipinski definition) is 7. The van der Waals surface area contributed by atoms with E-state index in [4.69, 9.17) is 4.74 Å². The summed E-state index contributed by atoms with van der Waals surface area (Å²) < 4.78 is 36.3. The second kappa shape index (κ2) is 12.6. The Bertz CT molecular complexity index is 1790. The predicted octanol–water partition coefficient (Wildman–Crippen LogP) is 5.69. The first-order valence-corrected chi connectivity index (χ1v) is 16.9. The fourth-order valence-corrected chi connectivity index (χ4v) is 7.37. The number of hydrogen-bond donors (Lipinski definition) is 1. The first-order valence-electron chi connectivity index (χ1n) is 15.4. The van der Waals surface area contributed by atoms with E-state index in [0.717, 1.165) is 23.1 Å². The fourth-order valence-electron chi connectivity index (χ4n) is 6.38. The quantitative estimate of drug-likeness (QED) is 0.304. The van der Waals surface area contributed by atoms with E-state index >= 15 is 0 Å². The summed E-state index contributed by atoms with van der Waals surface area (Å²) in [7, 11) is -4.11. The Kier molecular flexibility index (Phi) is 8.61. The van der Waals surface area contributed by atoms with Gasteiger partial charge in [0.25, 0.3) is 15.9 Å². The second-order valence-electron chi connectivity index (χ2n) is 12.5. The Balaban J connectivity index is 1.49. The van der Waals surface area contributed by atoms with Crippen molar-refractivity contribution in [3.05, 3.63) is 101 Å². The molecule has 1 saturated heterocycles. The molecule has 1 N–H and O–H groups in total. The van der Waals surface area contributed by atoms with Gasteiger partial charge in [0, 0.05) is 42.9 Å². The van der Waals surface area contributed by atoms with Crippen LogP contribution in [-0.2, 0) is 16.6 Å². The molecule has 6 rings (SSSR count). The van der Waals surface area contributed by atoms with Crippen LogP contribution in [0.3, 0.4) is 0 Å². The maximum Gasteiger partial charge on any atom is 0.264 e. The molecule has 45 heavy (non-hydrogen) atoms. The Hall–Kier alpha value is -4.28. The molecule has 9 nitrogen and oxygen atoms in total. The molecule has 2 aliphatic rings. The van der Waals surface area contributed by atoms with Gasteiger partial charge in [-0.15, -0.1) is 0 Å². The van der Waals surface area contributed by atoms with Gasteiger partial charge in [0.1, 0.15) is 6.10 Å². The van der Waals surface area contributed by atoms with Crippen molar-refractivity contribution in [2.24, 2.45) is 5.92 Å². The highest BCUT2D eigenvalue weighted by molar-refractivity contribution is 7.92. The molecule has 0 aliphatic carbocycles. The molecule has 3 heterocycles. The van der Waals surface area contributed by atoms with Crippen LogP contribution in [0.4, 0.5) is 5.95 Å². The highest BCUT2D eigenvalue weighted by Gasteiger charge is 2.35. The number of rotatable bonds is 5. The summed E-state index contributed by atoms with van der Waals surface area (Å²) in [6.45, 7) is 10.4. The van der Waals surface area contributed by atoms with Crippen molar-refractivity contribution in [2.75, 3.05) is 24.4 Å². The minimum Gasteiger partial charge on any atom is -0.471 e. The molecule has 234 valence electrons. The number of ether oxygens (including phenoxy) is 1. The third kappa shape index (κ3) is 6.87. The van der Waals surface area contributed by atoms with Crippen LogP contribution in [0.25, 0.3) is 11.3 Å². The number of anilines is 1. The third-order valence-corrected chi connectivity index (χ3v) is 9.74. The highest BCUT2D eigenvalue weighted by Crippen LogP contribution is 2.31. The number of carbonyl (C=O) groups is 1. The summed E-state index contributed by atoms with van der Waals surface area (Å²) >= 11 is 0. The average Bonchev–Trinajstić information content (AvgIpc) is 3.15. The van der Waals surface area contributed by atoms with Crippen LogP contribution in [0.15, 0.2) is 83.8 Å². The number of sulfonamides is 1. The molecule has 0 saturated carbocycles. The first-order chi connectivity index (χ1) is 21.6. The molecule has 6 bridgehead atoms. The monoisotopic (exact) mass is 625 g/mol. The minimum atomic E-state index is -4.11. The molecule has 10 heteroatoms. The Labute approximate surface area is 265 Å². The van der Waals surface area contributed by atoms with Crippen LogP contribution in [0.5, 0.6) is 5.88 Å². The van der Waals surface area contributed by atoms with Crippen molar-refractivity contribution in [3.8, 4) is 17.1 Å². The van der Waals surface area contributed by atoms with Crippen LogP contribution < -0.4 is 9.46 Å². The van der Waals surface area contributed by atoms with E-state index in [1.807, 2.05) is 55.1 Å². The van der Waals surface area contributed by atoms with Gasteiger partial charge in [-0.2, -0.15) is 4.98 Å². The largest absolute Gasteiger partial charge is 0.471 e. The number of carbonyl (C=O) groups excluding carboxylic acids is 1. The first kappa shape index (κ1) is 30.7. The summed E-state index contributed by atoms with van der Waals surface area (Å²) in [6, 6.07) is 24.3. The number of aryl methyl sites for hydroxylation is 2. The van der Waals surface area contributed by atoms with Crippen LogP contribution in [0, 0.1) is 19.8 Å². The topological polar surface area (TPSA) is 105 Å². The molecule has 0 radical (unpaired) electrons. The summed E-state index contributed by atoms with van der Waals surface area (Å²) in [5.41, 5.74) is 4.92. The van der Waals surface area contributed by atoms with Crippen molar-refractivity contribution < 1.29 is 17.9 Å². The predicted molar refractivity (Wildman–Crippen MR) is 175 cm³/mol. The van der Waals surface area contributed by atoms with Gasteiger partial charge in [-0.1, -0.05) is 68.4 Å². The maximum absolute atomic E-state index is 14.1. The smallest absolute Gasteiger partial charge is 0.264 e. The standard InChI is InChI=1S/C35H39N5O4S/c1-23(2)16-28-20-40-22-29(21-39(28)19-26-12-6-5-7-13-26)44-32-18-31(33-24(3)10-8-11-25(33)4)36-35(37-32)38-45(42,43)30-15-9-14-27(17-30)34(40)41/h5-15,17-18,23,28-29H,16,19-22H2,1-4H3,(H,36,37,38)/t28-,29?/m0/s1. The van der Waals surface area contributed by atoms with E-state index in [1.54, 1.807) is 18.2 Å². The number of fused-ring (bicyclic) bond motifs is 6. The lowest BCUT2D eigenvalue weighted by atomic mass is 10.00. The third-order valence-electron chi connectivity index (χ3n) is 8.41. The molecule has 2 aliphatic heterocycles. The minimum absolute atomic E-state index is 0.0352. The lowest BCUT2D eigenvalue weighted by molar-refractivity contribution is 0.0681.